The van der Waals surface area contributed by atoms with Crippen molar-refractivity contribution in [3.05, 3.63) is 35.9 Å². The molecule has 0 spiro atoms. The number of rotatable bonds is 5. The van der Waals surface area contributed by atoms with Crippen molar-refractivity contribution >= 4 is 21.7 Å². The molecule has 4 rings (SSSR count). The Hall–Kier alpha value is -2.14. The van der Waals surface area contributed by atoms with E-state index in [-0.39, 0.29) is 28.7 Å². The molecule has 33 heavy (non-hydrogen) atoms. The van der Waals surface area contributed by atoms with Gasteiger partial charge in [-0.3, -0.25) is 4.79 Å². The predicted octanol–water partition coefficient (Wildman–Crippen LogP) is 2.27. The van der Waals surface area contributed by atoms with Crippen LogP contribution in [0, 0.1) is 11.8 Å². The standard InChI is InChI=1S/C20H28N2O3S.C2HF3O2/c23-20(21-16-7-4-8-16)17-10-12-26(24,25)19-14-22(13-18(17)19)11-9-15-5-2-1-3-6-15;3-2(4,5)1(6)7/h1-3,5-6,16-19H,4,7-14H2,(H,21,23);(H,6,7)/t17-,18+,19+;/m0./s1. The van der Waals surface area contributed by atoms with Gasteiger partial charge >= 0.3 is 12.1 Å². The summed E-state index contributed by atoms with van der Waals surface area (Å²) in [6.45, 7) is 2.15. The minimum Gasteiger partial charge on any atom is -0.475 e. The van der Waals surface area contributed by atoms with E-state index in [2.05, 4.69) is 22.3 Å². The average molecular weight is 491 g/mol. The Bertz CT molecular complexity index is 935. The highest BCUT2D eigenvalue weighted by Crippen LogP contribution is 2.37. The Morgan fingerprint density at radius 3 is 2.27 bits per heavy atom. The summed E-state index contributed by atoms with van der Waals surface area (Å²) in [5, 5.41) is 9.90. The van der Waals surface area contributed by atoms with Gasteiger partial charge in [0.05, 0.1) is 11.0 Å². The molecule has 2 aliphatic heterocycles. The lowest BCUT2D eigenvalue weighted by molar-refractivity contribution is -0.192. The first-order valence-electron chi connectivity index (χ1n) is 11.1. The van der Waals surface area contributed by atoms with Gasteiger partial charge in [0.15, 0.2) is 9.84 Å². The molecule has 1 aromatic carbocycles. The van der Waals surface area contributed by atoms with Gasteiger partial charge in [0.2, 0.25) is 5.91 Å². The number of sulfone groups is 1. The van der Waals surface area contributed by atoms with E-state index in [4.69, 9.17) is 9.90 Å². The van der Waals surface area contributed by atoms with E-state index in [1.807, 2.05) is 18.2 Å². The summed E-state index contributed by atoms with van der Waals surface area (Å²) in [7, 11) is -3.08. The fourth-order valence-electron chi connectivity index (χ4n) is 4.60. The highest BCUT2D eigenvalue weighted by atomic mass is 32.2. The zero-order valence-corrected chi connectivity index (χ0v) is 18.9. The summed E-state index contributed by atoms with van der Waals surface area (Å²) in [4.78, 5) is 23.9. The second-order valence-corrected chi connectivity index (χ2v) is 11.2. The SMILES string of the molecule is O=C(NC1CCC1)[C@H]1CCS(=O)(=O)[C@@H]2CN(CCc3ccccc3)C[C@H]12.O=C(O)C(F)(F)F. The Morgan fingerprint density at radius 1 is 1.09 bits per heavy atom. The molecule has 7 nitrogen and oxygen atoms in total. The Kier molecular flexibility index (Phi) is 8.04. The lowest BCUT2D eigenvalue weighted by Gasteiger charge is -2.34. The van der Waals surface area contributed by atoms with Gasteiger partial charge < -0.3 is 15.3 Å². The molecular formula is C22H29F3N2O5S. The molecule has 2 saturated heterocycles. The van der Waals surface area contributed by atoms with E-state index in [9.17, 15) is 26.4 Å². The van der Waals surface area contributed by atoms with Crippen LogP contribution in [0.2, 0.25) is 0 Å². The van der Waals surface area contributed by atoms with Gasteiger partial charge in [0.25, 0.3) is 0 Å². The van der Waals surface area contributed by atoms with Crippen LogP contribution in [0.1, 0.15) is 31.2 Å². The van der Waals surface area contributed by atoms with Gasteiger partial charge in [-0.25, -0.2) is 13.2 Å². The molecule has 3 aliphatic rings. The number of halogens is 3. The maximum Gasteiger partial charge on any atom is 0.490 e. The summed E-state index contributed by atoms with van der Waals surface area (Å²) in [6, 6.07) is 10.6. The molecule has 2 N–H and O–H groups in total. The van der Waals surface area contributed by atoms with Gasteiger partial charge in [-0.2, -0.15) is 13.2 Å². The Morgan fingerprint density at radius 2 is 1.73 bits per heavy atom. The van der Waals surface area contributed by atoms with Gasteiger partial charge in [0.1, 0.15) is 0 Å². The molecule has 0 radical (unpaired) electrons. The minimum absolute atomic E-state index is 0.0513. The highest BCUT2D eigenvalue weighted by Gasteiger charge is 2.50. The third-order valence-corrected chi connectivity index (χ3v) is 8.89. The maximum absolute atomic E-state index is 12.7. The maximum atomic E-state index is 12.7. The summed E-state index contributed by atoms with van der Waals surface area (Å²) in [6.07, 6.45) is -0.376. The second kappa shape index (κ2) is 10.4. The molecule has 1 aliphatic carbocycles. The number of benzene rings is 1. The van der Waals surface area contributed by atoms with Crippen LogP contribution < -0.4 is 5.32 Å². The number of likely N-dealkylation sites (tertiary alicyclic amines) is 1. The number of hydrogen-bond acceptors (Lipinski definition) is 5. The first kappa shape index (κ1) is 25.5. The molecule has 1 saturated carbocycles. The smallest absolute Gasteiger partial charge is 0.475 e. The molecular weight excluding hydrogens is 461 g/mol. The molecule has 0 aromatic heterocycles. The number of nitrogens with zero attached hydrogens (tertiary/aromatic N) is 1. The molecule has 2 heterocycles. The first-order valence-corrected chi connectivity index (χ1v) is 12.8. The molecule has 1 amide bonds. The normalized spacial score (nSPS) is 26.9. The minimum atomic E-state index is -5.08. The van der Waals surface area contributed by atoms with E-state index in [1.165, 1.54) is 12.0 Å². The molecule has 3 atom stereocenters. The van der Waals surface area contributed by atoms with Gasteiger partial charge in [-0.05, 0) is 37.7 Å². The van der Waals surface area contributed by atoms with Crippen LogP contribution in [-0.2, 0) is 25.8 Å². The van der Waals surface area contributed by atoms with Crippen molar-refractivity contribution in [1.82, 2.24) is 10.2 Å². The number of hydrogen-bond donors (Lipinski definition) is 2. The molecule has 184 valence electrons. The fraction of sp³-hybridized carbons (Fsp3) is 0.636. The summed E-state index contributed by atoms with van der Waals surface area (Å²) in [5.41, 5.74) is 1.27. The van der Waals surface area contributed by atoms with Crippen LogP contribution in [0.5, 0.6) is 0 Å². The Balaban J connectivity index is 0.000000383. The van der Waals surface area contributed by atoms with Crippen molar-refractivity contribution in [2.45, 2.75) is 49.6 Å². The number of fused-ring (bicyclic) bond motifs is 1. The molecule has 0 unspecified atom stereocenters. The van der Waals surface area contributed by atoms with E-state index in [1.54, 1.807) is 0 Å². The monoisotopic (exact) mass is 490 g/mol. The first-order chi connectivity index (χ1) is 15.5. The number of nitrogens with one attached hydrogen (secondary N) is 1. The van der Waals surface area contributed by atoms with Crippen molar-refractivity contribution in [2.24, 2.45) is 11.8 Å². The van der Waals surface area contributed by atoms with Crippen molar-refractivity contribution in [3.8, 4) is 0 Å². The van der Waals surface area contributed by atoms with Crippen molar-refractivity contribution in [3.63, 3.8) is 0 Å². The fourth-order valence-corrected chi connectivity index (χ4v) is 6.74. The van der Waals surface area contributed by atoms with Gasteiger partial charge in [-0.1, -0.05) is 30.3 Å². The predicted molar refractivity (Wildman–Crippen MR) is 115 cm³/mol. The largest absolute Gasteiger partial charge is 0.490 e. The average Bonchev–Trinajstić information content (AvgIpc) is 3.15. The molecule has 1 aromatic rings. The topological polar surface area (TPSA) is 104 Å². The van der Waals surface area contributed by atoms with Crippen LogP contribution in [0.15, 0.2) is 30.3 Å². The van der Waals surface area contributed by atoms with Crippen LogP contribution in [0.25, 0.3) is 0 Å². The number of carboxylic acid groups (broad SMARTS) is 1. The highest BCUT2D eigenvalue weighted by molar-refractivity contribution is 7.92. The third-order valence-electron chi connectivity index (χ3n) is 6.67. The summed E-state index contributed by atoms with van der Waals surface area (Å²) in [5.74, 6) is -2.71. The van der Waals surface area contributed by atoms with Crippen LogP contribution >= 0.6 is 0 Å². The lowest BCUT2D eigenvalue weighted by Crippen LogP contribution is -2.50. The van der Waals surface area contributed by atoms with Gasteiger partial charge in [-0.15, -0.1) is 0 Å². The lowest BCUT2D eigenvalue weighted by atomic mass is 9.86. The van der Waals surface area contributed by atoms with Crippen molar-refractivity contribution < 1.29 is 36.3 Å². The zero-order chi connectivity index (χ0) is 24.2. The summed E-state index contributed by atoms with van der Waals surface area (Å²) < 4.78 is 56.9. The van der Waals surface area contributed by atoms with Gasteiger partial charge in [0, 0.05) is 37.5 Å². The number of carboxylic acids is 1. The number of carbonyl (C=O) groups excluding carboxylic acids is 1. The summed E-state index contributed by atoms with van der Waals surface area (Å²) >= 11 is 0. The number of aliphatic carboxylic acids is 1. The van der Waals surface area contributed by atoms with Crippen LogP contribution in [0.3, 0.4) is 0 Å². The number of carbonyl (C=O) groups is 2. The van der Waals surface area contributed by atoms with E-state index >= 15 is 0 Å². The van der Waals surface area contributed by atoms with Crippen molar-refractivity contribution in [1.29, 1.82) is 0 Å². The molecule has 0 bridgehead atoms. The van der Waals surface area contributed by atoms with Crippen LogP contribution in [0.4, 0.5) is 13.2 Å². The number of amides is 1. The molecule has 3 fully saturated rings. The number of alkyl halides is 3. The van der Waals surface area contributed by atoms with E-state index in [0.717, 1.165) is 32.4 Å². The van der Waals surface area contributed by atoms with E-state index in [0.29, 0.717) is 19.0 Å². The second-order valence-electron chi connectivity index (χ2n) is 8.90. The van der Waals surface area contributed by atoms with E-state index < -0.39 is 22.0 Å². The van der Waals surface area contributed by atoms with Crippen molar-refractivity contribution in [2.75, 3.05) is 25.4 Å². The third kappa shape index (κ3) is 6.69. The zero-order valence-electron chi connectivity index (χ0n) is 18.1. The molecule has 11 heteroatoms. The van der Waals surface area contributed by atoms with Crippen LogP contribution in [-0.4, -0.2) is 73.2 Å². The Labute approximate surface area is 191 Å². The quantitative estimate of drug-likeness (QED) is 0.656.